The van der Waals surface area contributed by atoms with E-state index in [0.29, 0.717) is 17.9 Å². The Bertz CT molecular complexity index is 648. The van der Waals surface area contributed by atoms with Gasteiger partial charge in [-0.15, -0.1) is 0 Å². The third kappa shape index (κ3) is 3.14. The molecule has 3 rings (SSSR count). The maximum atomic E-state index is 11.4. The van der Waals surface area contributed by atoms with Gasteiger partial charge in [-0.3, -0.25) is 4.79 Å². The first-order valence-corrected chi connectivity index (χ1v) is 7.17. The lowest BCUT2D eigenvalue weighted by molar-refractivity contribution is 0.0102. The van der Waals surface area contributed by atoms with Gasteiger partial charge in [-0.05, 0) is 36.6 Å². The summed E-state index contributed by atoms with van der Waals surface area (Å²) in [5.41, 5.74) is 3.19. The zero-order valence-electron chi connectivity index (χ0n) is 12.0. The zero-order valence-corrected chi connectivity index (χ0v) is 12.0. The van der Waals surface area contributed by atoms with Crippen molar-refractivity contribution in [1.29, 1.82) is 0 Å². The maximum Gasteiger partial charge on any atom is 0.159 e. The summed E-state index contributed by atoms with van der Waals surface area (Å²) in [5.74, 6) is 0.745. The highest BCUT2D eigenvalue weighted by molar-refractivity contribution is 5.94. The van der Waals surface area contributed by atoms with E-state index in [1.54, 1.807) is 19.1 Å². The van der Waals surface area contributed by atoms with Gasteiger partial charge in [0.15, 0.2) is 5.78 Å². The van der Waals surface area contributed by atoms with Gasteiger partial charge in [-0.25, -0.2) is 0 Å². The van der Waals surface area contributed by atoms with Crippen LogP contribution in [0, 0.1) is 0 Å². The average Bonchev–Trinajstić information content (AvgIpc) is 2.53. The SMILES string of the molecule is CC(=O)c1cccc(OCC2OCCc3ccccc32)c1. The third-order valence-corrected chi connectivity index (χ3v) is 3.73. The van der Waals surface area contributed by atoms with Crippen LogP contribution in [0.5, 0.6) is 5.75 Å². The highest BCUT2D eigenvalue weighted by atomic mass is 16.5. The van der Waals surface area contributed by atoms with Crippen LogP contribution < -0.4 is 4.74 Å². The van der Waals surface area contributed by atoms with Crippen LogP contribution in [0.25, 0.3) is 0 Å². The van der Waals surface area contributed by atoms with E-state index in [-0.39, 0.29) is 11.9 Å². The summed E-state index contributed by atoms with van der Waals surface area (Å²) in [6.07, 6.45) is 0.905. The molecule has 3 heteroatoms. The molecule has 1 aliphatic heterocycles. The van der Waals surface area contributed by atoms with Crippen molar-refractivity contribution in [2.45, 2.75) is 19.4 Å². The molecule has 2 aromatic carbocycles. The second-order valence-corrected chi connectivity index (χ2v) is 5.20. The number of carbonyl (C=O) groups excluding carboxylic acids is 1. The van der Waals surface area contributed by atoms with Gasteiger partial charge in [-0.2, -0.15) is 0 Å². The predicted octanol–water partition coefficient (Wildman–Crippen LogP) is 3.58. The van der Waals surface area contributed by atoms with Gasteiger partial charge in [0.25, 0.3) is 0 Å². The van der Waals surface area contributed by atoms with Crippen molar-refractivity contribution in [2.75, 3.05) is 13.2 Å². The molecule has 0 spiro atoms. The Balaban J connectivity index is 1.71. The normalized spacial score (nSPS) is 17.1. The van der Waals surface area contributed by atoms with E-state index >= 15 is 0 Å². The molecule has 1 unspecified atom stereocenters. The minimum absolute atomic E-state index is 0.0414. The summed E-state index contributed by atoms with van der Waals surface area (Å²) in [6, 6.07) is 15.6. The Morgan fingerprint density at radius 2 is 2.10 bits per heavy atom. The molecule has 1 aliphatic rings. The summed E-state index contributed by atoms with van der Waals surface area (Å²) in [4.78, 5) is 11.4. The number of ketones is 1. The van der Waals surface area contributed by atoms with Crippen LogP contribution >= 0.6 is 0 Å². The Morgan fingerprint density at radius 3 is 2.95 bits per heavy atom. The van der Waals surface area contributed by atoms with E-state index in [1.165, 1.54) is 11.1 Å². The van der Waals surface area contributed by atoms with Crippen LogP contribution in [0.2, 0.25) is 0 Å². The molecule has 0 radical (unpaired) electrons. The Hall–Kier alpha value is -2.13. The van der Waals surface area contributed by atoms with Crippen LogP contribution in [0.1, 0.15) is 34.5 Å². The minimum atomic E-state index is -0.0454. The lowest BCUT2D eigenvalue weighted by Crippen LogP contribution is -2.21. The van der Waals surface area contributed by atoms with Crippen molar-refractivity contribution in [1.82, 2.24) is 0 Å². The van der Waals surface area contributed by atoms with E-state index in [9.17, 15) is 4.79 Å². The van der Waals surface area contributed by atoms with Gasteiger partial charge in [0.2, 0.25) is 0 Å². The molecule has 3 nitrogen and oxygen atoms in total. The zero-order chi connectivity index (χ0) is 14.7. The smallest absolute Gasteiger partial charge is 0.159 e. The van der Waals surface area contributed by atoms with Gasteiger partial charge < -0.3 is 9.47 Å². The molecular formula is C18H18O3. The lowest BCUT2D eigenvalue weighted by atomic mass is 9.98. The van der Waals surface area contributed by atoms with Crippen molar-refractivity contribution in [3.8, 4) is 5.75 Å². The maximum absolute atomic E-state index is 11.4. The van der Waals surface area contributed by atoms with Crippen LogP contribution in [0.15, 0.2) is 48.5 Å². The number of hydrogen-bond acceptors (Lipinski definition) is 3. The van der Waals surface area contributed by atoms with Crippen LogP contribution in [-0.2, 0) is 11.2 Å². The molecule has 0 saturated carbocycles. The molecule has 1 atom stereocenters. The van der Waals surface area contributed by atoms with E-state index in [2.05, 4.69) is 18.2 Å². The van der Waals surface area contributed by atoms with Crippen molar-refractivity contribution >= 4 is 5.78 Å². The van der Waals surface area contributed by atoms with Crippen LogP contribution in [0.4, 0.5) is 0 Å². The number of Topliss-reactive ketones (excluding diaryl/α,β-unsaturated/α-hetero) is 1. The monoisotopic (exact) mass is 282 g/mol. The molecule has 0 saturated heterocycles. The van der Waals surface area contributed by atoms with E-state index < -0.39 is 0 Å². The lowest BCUT2D eigenvalue weighted by Gasteiger charge is -2.26. The molecule has 0 N–H and O–H groups in total. The first-order valence-electron chi connectivity index (χ1n) is 7.17. The average molecular weight is 282 g/mol. The number of hydrogen-bond donors (Lipinski definition) is 0. The van der Waals surface area contributed by atoms with Crippen molar-refractivity contribution in [3.63, 3.8) is 0 Å². The molecule has 0 amide bonds. The van der Waals surface area contributed by atoms with E-state index in [4.69, 9.17) is 9.47 Å². The number of carbonyl (C=O) groups is 1. The summed E-state index contributed by atoms with van der Waals surface area (Å²) >= 11 is 0. The number of ether oxygens (including phenoxy) is 2. The van der Waals surface area contributed by atoms with Crippen molar-refractivity contribution in [2.24, 2.45) is 0 Å². The quantitative estimate of drug-likeness (QED) is 0.804. The molecule has 0 aliphatic carbocycles. The molecule has 108 valence electrons. The fourth-order valence-corrected chi connectivity index (χ4v) is 2.59. The molecule has 21 heavy (non-hydrogen) atoms. The Morgan fingerprint density at radius 1 is 1.24 bits per heavy atom. The molecule has 0 bridgehead atoms. The van der Waals surface area contributed by atoms with Gasteiger partial charge in [-0.1, -0.05) is 36.4 Å². The molecule has 0 fully saturated rings. The predicted molar refractivity (Wildman–Crippen MR) is 80.8 cm³/mol. The Labute approximate surface area is 124 Å². The fourth-order valence-electron chi connectivity index (χ4n) is 2.59. The molecule has 2 aromatic rings. The second-order valence-electron chi connectivity index (χ2n) is 5.20. The number of rotatable bonds is 4. The van der Waals surface area contributed by atoms with Crippen LogP contribution in [0.3, 0.4) is 0 Å². The second kappa shape index (κ2) is 6.10. The highest BCUT2D eigenvalue weighted by Gasteiger charge is 2.21. The number of fused-ring (bicyclic) bond motifs is 1. The first kappa shape index (κ1) is 13.8. The summed E-state index contributed by atoms with van der Waals surface area (Å²) in [6.45, 7) is 2.73. The largest absolute Gasteiger partial charge is 0.490 e. The minimum Gasteiger partial charge on any atom is -0.490 e. The third-order valence-electron chi connectivity index (χ3n) is 3.73. The molecular weight excluding hydrogens is 264 g/mol. The van der Waals surface area contributed by atoms with Crippen molar-refractivity contribution in [3.05, 3.63) is 65.2 Å². The fraction of sp³-hybridized carbons (Fsp3) is 0.278. The summed E-state index contributed by atoms with van der Waals surface area (Å²) in [5, 5.41) is 0. The summed E-state index contributed by atoms with van der Waals surface area (Å²) < 4.78 is 11.6. The molecule has 1 heterocycles. The number of benzene rings is 2. The van der Waals surface area contributed by atoms with Gasteiger partial charge >= 0.3 is 0 Å². The highest BCUT2D eigenvalue weighted by Crippen LogP contribution is 2.27. The Kier molecular flexibility index (Phi) is 4.02. The van der Waals surface area contributed by atoms with E-state index in [0.717, 1.165) is 13.0 Å². The summed E-state index contributed by atoms with van der Waals surface area (Å²) in [7, 11) is 0. The standard InChI is InChI=1S/C18H18O3/c1-13(19)15-6-4-7-16(11-15)21-12-18-17-8-3-2-5-14(17)9-10-20-18/h2-8,11,18H,9-10,12H2,1H3. The van der Waals surface area contributed by atoms with Crippen LogP contribution in [-0.4, -0.2) is 19.0 Å². The topological polar surface area (TPSA) is 35.5 Å². The van der Waals surface area contributed by atoms with Gasteiger partial charge in [0.1, 0.15) is 18.5 Å². The van der Waals surface area contributed by atoms with Gasteiger partial charge in [0.05, 0.1) is 6.61 Å². The van der Waals surface area contributed by atoms with E-state index in [1.807, 2.05) is 18.2 Å². The van der Waals surface area contributed by atoms with Gasteiger partial charge in [0, 0.05) is 5.56 Å². The first-order chi connectivity index (χ1) is 10.2. The molecule has 0 aromatic heterocycles. The van der Waals surface area contributed by atoms with Crippen molar-refractivity contribution < 1.29 is 14.3 Å².